The van der Waals surface area contributed by atoms with Crippen LogP contribution in [0.4, 0.5) is 0 Å². The van der Waals surface area contributed by atoms with Crippen LogP contribution in [-0.4, -0.2) is 43.8 Å². The fraction of sp³-hybridized carbons (Fsp3) is 0.467. The van der Waals surface area contributed by atoms with Gasteiger partial charge in [0.05, 0.1) is 31.2 Å². The van der Waals surface area contributed by atoms with Crippen LogP contribution >= 0.6 is 35.0 Å². The number of nitrogens with zero attached hydrogens (tertiary/aromatic N) is 3. The summed E-state index contributed by atoms with van der Waals surface area (Å²) in [6, 6.07) is 5.16. The normalized spacial score (nSPS) is 19.1. The van der Waals surface area contributed by atoms with E-state index in [0.29, 0.717) is 34.1 Å². The van der Waals surface area contributed by atoms with Crippen LogP contribution in [0.3, 0.4) is 0 Å². The zero-order valence-electron chi connectivity index (χ0n) is 12.5. The maximum atomic E-state index is 11.5. The highest BCUT2D eigenvalue weighted by Crippen LogP contribution is 2.41. The molecule has 0 amide bonds. The van der Waals surface area contributed by atoms with E-state index in [4.69, 9.17) is 27.9 Å². The summed E-state index contributed by atoms with van der Waals surface area (Å²) < 4.78 is 6.84. The Hall–Kier alpha value is -0.790. The smallest absolute Gasteiger partial charge is 0.122 e. The Bertz CT molecular complexity index is 667. The minimum Gasteiger partial charge on any atom is -0.382 e. The van der Waals surface area contributed by atoms with Crippen LogP contribution in [0.5, 0.6) is 0 Å². The Morgan fingerprint density at radius 2 is 2.26 bits per heavy atom. The van der Waals surface area contributed by atoms with E-state index in [0.717, 1.165) is 0 Å². The molecule has 5 nitrogen and oxygen atoms in total. The molecule has 2 heterocycles. The third kappa shape index (κ3) is 3.67. The lowest BCUT2D eigenvalue weighted by atomic mass is 9.90. The molecule has 1 aliphatic rings. The molecule has 23 heavy (non-hydrogen) atoms. The second-order valence-electron chi connectivity index (χ2n) is 5.59. The van der Waals surface area contributed by atoms with E-state index in [-0.39, 0.29) is 11.8 Å². The van der Waals surface area contributed by atoms with Crippen LogP contribution < -0.4 is 0 Å². The molecule has 1 saturated heterocycles. The topological polar surface area (TPSA) is 60.2 Å². The quantitative estimate of drug-likeness (QED) is 0.843. The molecule has 2 atom stereocenters. The van der Waals surface area contributed by atoms with Gasteiger partial charge in [-0.25, -0.2) is 4.68 Å². The number of hydrogen-bond acceptors (Lipinski definition) is 5. The van der Waals surface area contributed by atoms with Gasteiger partial charge in [-0.3, -0.25) is 0 Å². The van der Waals surface area contributed by atoms with E-state index < -0.39 is 5.60 Å². The molecule has 0 aliphatic carbocycles. The van der Waals surface area contributed by atoms with Crippen molar-refractivity contribution in [1.82, 2.24) is 15.0 Å². The highest BCUT2D eigenvalue weighted by Gasteiger charge is 2.40. The first-order valence-electron chi connectivity index (χ1n) is 7.24. The van der Waals surface area contributed by atoms with Crippen LogP contribution in [-0.2, 0) is 16.9 Å². The summed E-state index contributed by atoms with van der Waals surface area (Å²) in [5, 5.41) is 20.5. The van der Waals surface area contributed by atoms with Gasteiger partial charge in [-0.1, -0.05) is 41.4 Å². The van der Waals surface area contributed by atoms with E-state index in [1.807, 2.05) is 6.92 Å². The van der Waals surface area contributed by atoms with Gasteiger partial charge < -0.3 is 9.84 Å². The molecule has 0 radical (unpaired) electrons. The highest BCUT2D eigenvalue weighted by atomic mass is 35.5. The Morgan fingerprint density at radius 3 is 2.83 bits per heavy atom. The number of rotatable bonds is 6. The largest absolute Gasteiger partial charge is 0.382 e. The fourth-order valence-corrected chi connectivity index (χ4v) is 4.46. The van der Waals surface area contributed by atoms with Crippen molar-refractivity contribution in [1.29, 1.82) is 0 Å². The summed E-state index contributed by atoms with van der Waals surface area (Å²) in [5.41, 5.74) is -0.561. The fourth-order valence-electron chi connectivity index (χ4n) is 2.53. The maximum Gasteiger partial charge on any atom is 0.122 e. The van der Waals surface area contributed by atoms with Crippen LogP contribution in [0.1, 0.15) is 12.5 Å². The zero-order valence-corrected chi connectivity index (χ0v) is 14.9. The Morgan fingerprint density at radius 1 is 1.48 bits per heavy atom. The monoisotopic (exact) mass is 373 g/mol. The number of aromatic nitrogens is 3. The summed E-state index contributed by atoms with van der Waals surface area (Å²) in [5.74, 6) is 0. The van der Waals surface area contributed by atoms with Gasteiger partial charge in [0.25, 0.3) is 0 Å². The van der Waals surface area contributed by atoms with Gasteiger partial charge in [-0.2, -0.15) is 0 Å². The van der Waals surface area contributed by atoms with Crippen LogP contribution in [0, 0.1) is 0 Å². The van der Waals surface area contributed by atoms with E-state index in [2.05, 4.69) is 10.3 Å². The first kappa shape index (κ1) is 17.0. The molecular weight excluding hydrogens is 357 g/mol. The van der Waals surface area contributed by atoms with Crippen LogP contribution in [0.15, 0.2) is 30.6 Å². The van der Waals surface area contributed by atoms with Crippen molar-refractivity contribution in [2.24, 2.45) is 0 Å². The van der Waals surface area contributed by atoms with E-state index >= 15 is 0 Å². The molecule has 124 valence electrons. The first-order chi connectivity index (χ1) is 11.0. The summed E-state index contributed by atoms with van der Waals surface area (Å²) in [4.78, 5) is 0. The molecule has 8 heteroatoms. The Balaban J connectivity index is 1.93. The van der Waals surface area contributed by atoms with E-state index in [1.165, 1.54) is 0 Å². The average Bonchev–Trinajstić information content (AvgIpc) is 2.95. The molecule has 1 aromatic heterocycles. The van der Waals surface area contributed by atoms with Gasteiger partial charge >= 0.3 is 0 Å². The third-order valence-corrected chi connectivity index (χ3v) is 5.95. The summed E-state index contributed by atoms with van der Waals surface area (Å²) in [6.07, 6.45) is 3.31. The average molecular weight is 374 g/mol. The van der Waals surface area contributed by atoms with Crippen LogP contribution in [0.2, 0.25) is 10.0 Å². The molecule has 0 saturated carbocycles. The molecule has 1 aliphatic heterocycles. The van der Waals surface area contributed by atoms with E-state index in [1.54, 1.807) is 47.0 Å². The van der Waals surface area contributed by atoms with Gasteiger partial charge in [-0.05, 0) is 12.1 Å². The lowest BCUT2D eigenvalue weighted by molar-refractivity contribution is 0.0133. The van der Waals surface area contributed by atoms with Crippen LogP contribution in [0.25, 0.3) is 0 Å². The lowest BCUT2D eigenvalue weighted by Gasteiger charge is -2.38. The third-order valence-electron chi connectivity index (χ3n) is 3.95. The predicted octanol–water partition coefficient (Wildman–Crippen LogP) is 2.99. The molecule has 1 aromatic carbocycles. The number of halogens is 2. The second kappa shape index (κ2) is 6.99. The second-order valence-corrected chi connectivity index (χ2v) is 8.08. The number of benzene rings is 1. The minimum absolute atomic E-state index is 0.112. The Kier molecular flexibility index (Phi) is 5.18. The van der Waals surface area contributed by atoms with E-state index in [9.17, 15) is 5.11 Å². The van der Waals surface area contributed by atoms with Gasteiger partial charge in [0, 0.05) is 27.1 Å². The molecular formula is C15H17Cl2N3O2S. The first-order valence-corrected chi connectivity index (χ1v) is 8.94. The van der Waals surface area contributed by atoms with Gasteiger partial charge in [-0.15, -0.1) is 16.9 Å². The SMILES string of the molecule is CC(SC1COC1)C(O)(Cn1ccnn1)c1ccc(Cl)cc1Cl. The number of aliphatic hydroxyl groups is 1. The Labute approximate surface area is 148 Å². The molecule has 1 N–H and O–H groups in total. The predicted molar refractivity (Wildman–Crippen MR) is 92.0 cm³/mol. The number of ether oxygens (including phenoxy) is 1. The number of hydrogen-bond donors (Lipinski definition) is 1. The highest BCUT2D eigenvalue weighted by molar-refractivity contribution is 8.00. The van der Waals surface area contributed by atoms with Crippen molar-refractivity contribution >= 4 is 35.0 Å². The zero-order chi connectivity index (χ0) is 16.4. The molecule has 3 rings (SSSR count). The van der Waals surface area contributed by atoms with Gasteiger partial charge in [0.1, 0.15) is 5.60 Å². The molecule has 1 fully saturated rings. The van der Waals surface area contributed by atoms with Crippen molar-refractivity contribution in [3.8, 4) is 0 Å². The van der Waals surface area contributed by atoms with Crippen molar-refractivity contribution < 1.29 is 9.84 Å². The van der Waals surface area contributed by atoms with Crippen molar-refractivity contribution in [3.63, 3.8) is 0 Å². The maximum absolute atomic E-state index is 11.5. The van der Waals surface area contributed by atoms with Gasteiger partial charge in [0.2, 0.25) is 0 Å². The molecule has 0 bridgehead atoms. The molecule has 2 aromatic rings. The summed E-state index contributed by atoms with van der Waals surface area (Å²) >= 11 is 14.0. The van der Waals surface area contributed by atoms with Crippen molar-refractivity contribution in [2.75, 3.05) is 13.2 Å². The standard InChI is InChI=1S/C15H17Cl2N3O2S/c1-10(23-12-7-22-8-12)15(21,9-20-5-4-18-19-20)13-3-2-11(16)6-14(13)17/h2-6,10,12,21H,7-9H2,1H3. The molecule has 0 spiro atoms. The lowest BCUT2D eigenvalue weighted by Crippen LogP contribution is -2.43. The minimum atomic E-state index is -1.20. The van der Waals surface area contributed by atoms with Gasteiger partial charge in [0.15, 0.2) is 0 Å². The summed E-state index contributed by atoms with van der Waals surface area (Å²) in [6.45, 7) is 3.67. The van der Waals surface area contributed by atoms with Crippen molar-refractivity contribution in [2.45, 2.75) is 29.6 Å². The molecule has 2 unspecified atom stereocenters. The summed E-state index contributed by atoms with van der Waals surface area (Å²) in [7, 11) is 0. The van der Waals surface area contributed by atoms with Crippen molar-refractivity contribution in [3.05, 3.63) is 46.2 Å². The number of thioether (sulfide) groups is 1.